The predicted molar refractivity (Wildman–Crippen MR) is 91.0 cm³/mol. The van der Waals surface area contributed by atoms with E-state index in [4.69, 9.17) is 21.8 Å². The van der Waals surface area contributed by atoms with Crippen LogP contribution >= 0.6 is 11.6 Å². The van der Waals surface area contributed by atoms with E-state index in [1.54, 1.807) is 0 Å². The summed E-state index contributed by atoms with van der Waals surface area (Å²) in [5, 5.41) is 1.02. The van der Waals surface area contributed by atoms with Crippen LogP contribution in [-0.2, 0) is 4.43 Å². The standard InChI is InChI=1S/C16H28ClNOSi/c1-16(2,3)20(4,5)19-10-9-14(12-18)13-7-6-8-15(17)11-13/h6-8,11,14H,9-10,12,18H2,1-5H3. The van der Waals surface area contributed by atoms with Crippen LogP contribution in [0.4, 0.5) is 0 Å². The van der Waals surface area contributed by atoms with Crippen molar-refractivity contribution in [1.29, 1.82) is 0 Å². The first-order valence-corrected chi connectivity index (χ1v) is 10.6. The molecule has 0 radical (unpaired) electrons. The van der Waals surface area contributed by atoms with E-state index in [-0.39, 0.29) is 5.04 Å². The molecule has 4 heteroatoms. The van der Waals surface area contributed by atoms with Crippen molar-refractivity contribution in [3.8, 4) is 0 Å². The molecule has 1 aromatic carbocycles. The van der Waals surface area contributed by atoms with Crippen molar-refractivity contribution >= 4 is 19.9 Å². The van der Waals surface area contributed by atoms with E-state index < -0.39 is 8.32 Å². The lowest BCUT2D eigenvalue weighted by atomic mass is 9.96. The van der Waals surface area contributed by atoms with Crippen LogP contribution in [0, 0.1) is 0 Å². The Balaban J connectivity index is 2.59. The summed E-state index contributed by atoms with van der Waals surface area (Å²) in [5.74, 6) is 0.318. The number of halogens is 1. The molecule has 2 nitrogen and oxygen atoms in total. The minimum absolute atomic E-state index is 0.251. The zero-order chi connectivity index (χ0) is 15.4. The Morgan fingerprint density at radius 1 is 1.30 bits per heavy atom. The number of benzene rings is 1. The maximum Gasteiger partial charge on any atom is 0.191 e. The van der Waals surface area contributed by atoms with Crippen LogP contribution in [0.5, 0.6) is 0 Å². The molecule has 2 N–H and O–H groups in total. The average molecular weight is 314 g/mol. The molecule has 0 aliphatic rings. The smallest absolute Gasteiger partial charge is 0.191 e. The Labute approximate surface area is 129 Å². The number of hydrogen-bond donors (Lipinski definition) is 1. The van der Waals surface area contributed by atoms with E-state index >= 15 is 0 Å². The van der Waals surface area contributed by atoms with Crippen molar-refractivity contribution in [3.63, 3.8) is 0 Å². The van der Waals surface area contributed by atoms with Crippen molar-refractivity contribution in [2.45, 2.75) is 51.2 Å². The largest absolute Gasteiger partial charge is 0.417 e. The topological polar surface area (TPSA) is 35.2 Å². The molecule has 0 fully saturated rings. The molecule has 114 valence electrons. The summed E-state index contributed by atoms with van der Waals surface area (Å²) in [5.41, 5.74) is 7.11. The van der Waals surface area contributed by atoms with Gasteiger partial charge < -0.3 is 10.2 Å². The van der Waals surface area contributed by atoms with Crippen molar-refractivity contribution in [1.82, 2.24) is 0 Å². The zero-order valence-electron chi connectivity index (χ0n) is 13.4. The summed E-state index contributed by atoms with van der Waals surface area (Å²) >= 11 is 6.05. The Morgan fingerprint density at radius 2 is 1.95 bits per heavy atom. The molecule has 0 heterocycles. The number of nitrogens with two attached hydrogens (primary N) is 1. The van der Waals surface area contributed by atoms with Gasteiger partial charge in [0.05, 0.1) is 0 Å². The van der Waals surface area contributed by atoms with Crippen molar-refractivity contribution in [3.05, 3.63) is 34.9 Å². The molecule has 1 aromatic rings. The van der Waals surface area contributed by atoms with Crippen LogP contribution in [0.15, 0.2) is 24.3 Å². The van der Waals surface area contributed by atoms with Crippen molar-refractivity contribution in [2.24, 2.45) is 5.73 Å². The van der Waals surface area contributed by atoms with Gasteiger partial charge in [-0.3, -0.25) is 0 Å². The van der Waals surface area contributed by atoms with Gasteiger partial charge in [-0.15, -0.1) is 0 Å². The summed E-state index contributed by atoms with van der Waals surface area (Å²) < 4.78 is 6.23. The fourth-order valence-corrected chi connectivity index (χ4v) is 3.11. The highest BCUT2D eigenvalue weighted by Crippen LogP contribution is 2.37. The van der Waals surface area contributed by atoms with Crippen LogP contribution in [0.1, 0.15) is 38.7 Å². The molecule has 0 aromatic heterocycles. The first-order valence-electron chi connectivity index (χ1n) is 7.27. The molecule has 1 unspecified atom stereocenters. The van der Waals surface area contributed by atoms with Crippen molar-refractivity contribution in [2.75, 3.05) is 13.2 Å². The van der Waals surface area contributed by atoms with E-state index in [1.165, 1.54) is 5.56 Å². The third kappa shape index (κ3) is 4.88. The van der Waals surface area contributed by atoms with E-state index in [9.17, 15) is 0 Å². The van der Waals surface area contributed by atoms with Gasteiger partial charge in [0.2, 0.25) is 0 Å². The maximum atomic E-state index is 6.23. The molecule has 0 aliphatic heterocycles. The Morgan fingerprint density at radius 3 is 2.45 bits per heavy atom. The number of rotatable bonds is 6. The lowest BCUT2D eigenvalue weighted by Gasteiger charge is -2.36. The minimum atomic E-state index is -1.66. The molecule has 0 spiro atoms. The first kappa shape index (κ1) is 17.7. The Bertz CT molecular complexity index is 429. The van der Waals surface area contributed by atoms with E-state index in [2.05, 4.69) is 39.9 Å². The molecule has 0 aliphatic carbocycles. The van der Waals surface area contributed by atoms with E-state index in [0.717, 1.165) is 18.1 Å². The summed E-state index contributed by atoms with van der Waals surface area (Å²) in [6, 6.07) is 7.97. The maximum absolute atomic E-state index is 6.23. The molecule has 0 saturated heterocycles. The van der Waals surface area contributed by atoms with Gasteiger partial charge in [0.25, 0.3) is 0 Å². The lowest BCUT2D eigenvalue weighted by molar-refractivity contribution is 0.272. The zero-order valence-corrected chi connectivity index (χ0v) is 15.1. The van der Waals surface area contributed by atoms with Gasteiger partial charge in [-0.2, -0.15) is 0 Å². The van der Waals surface area contributed by atoms with Gasteiger partial charge in [-0.1, -0.05) is 44.5 Å². The molecular formula is C16H28ClNOSi. The second-order valence-corrected chi connectivity index (χ2v) is 12.1. The molecule has 0 saturated carbocycles. The normalized spacial score (nSPS) is 14.3. The second kappa shape index (κ2) is 7.08. The number of hydrogen-bond acceptors (Lipinski definition) is 2. The lowest BCUT2D eigenvalue weighted by Crippen LogP contribution is -2.41. The molecule has 1 atom stereocenters. The quantitative estimate of drug-likeness (QED) is 0.766. The van der Waals surface area contributed by atoms with Gasteiger partial charge >= 0.3 is 0 Å². The Hall–Kier alpha value is -0.353. The van der Waals surface area contributed by atoms with E-state index in [0.29, 0.717) is 12.5 Å². The predicted octanol–water partition coefficient (Wildman–Crippen LogP) is 4.79. The van der Waals surface area contributed by atoms with E-state index in [1.807, 2.05) is 18.2 Å². The highest BCUT2D eigenvalue weighted by atomic mass is 35.5. The Kier molecular flexibility index (Phi) is 6.26. The first-order chi connectivity index (χ1) is 9.17. The van der Waals surface area contributed by atoms with Crippen LogP contribution in [0.3, 0.4) is 0 Å². The van der Waals surface area contributed by atoms with Crippen molar-refractivity contribution < 1.29 is 4.43 Å². The summed E-state index contributed by atoms with van der Waals surface area (Å²) in [7, 11) is -1.66. The fraction of sp³-hybridized carbons (Fsp3) is 0.625. The SMILES string of the molecule is CC(C)(C)[Si](C)(C)OCCC(CN)c1cccc(Cl)c1. The second-order valence-electron chi connectivity index (χ2n) is 6.89. The van der Waals surface area contributed by atoms with Crippen LogP contribution < -0.4 is 5.73 Å². The van der Waals surface area contributed by atoms with Crippen LogP contribution in [-0.4, -0.2) is 21.5 Å². The van der Waals surface area contributed by atoms with Gasteiger partial charge in [0.15, 0.2) is 8.32 Å². The van der Waals surface area contributed by atoms with Gasteiger partial charge in [-0.25, -0.2) is 0 Å². The summed E-state index contributed by atoms with van der Waals surface area (Å²) in [4.78, 5) is 0. The third-order valence-corrected chi connectivity index (χ3v) is 9.11. The molecule has 20 heavy (non-hydrogen) atoms. The minimum Gasteiger partial charge on any atom is -0.417 e. The average Bonchev–Trinajstić information content (AvgIpc) is 2.33. The monoisotopic (exact) mass is 313 g/mol. The molecule has 0 amide bonds. The highest BCUT2D eigenvalue weighted by Gasteiger charge is 2.37. The van der Waals surface area contributed by atoms with Crippen LogP contribution in [0.25, 0.3) is 0 Å². The molecule has 1 rings (SSSR count). The molecule has 0 bridgehead atoms. The molecular weight excluding hydrogens is 286 g/mol. The highest BCUT2D eigenvalue weighted by molar-refractivity contribution is 6.74. The van der Waals surface area contributed by atoms with Gasteiger partial charge in [0, 0.05) is 11.6 Å². The van der Waals surface area contributed by atoms with Gasteiger partial charge in [-0.05, 0) is 54.7 Å². The fourth-order valence-electron chi connectivity index (χ4n) is 1.85. The van der Waals surface area contributed by atoms with Gasteiger partial charge in [0.1, 0.15) is 0 Å². The third-order valence-electron chi connectivity index (χ3n) is 4.34. The summed E-state index contributed by atoms with van der Waals surface area (Å²) in [6.45, 7) is 12.7. The summed E-state index contributed by atoms with van der Waals surface area (Å²) in [6.07, 6.45) is 0.948. The van der Waals surface area contributed by atoms with Crippen LogP contribution in [0.2, 0.25) is 23.2 Å².